The monoisotopic (exact) mass is 265 g/mol. The van der Waals surface area contributed by atoms with Crippen LogP contribution in [0, 0.1) is 17.8 Å². The summed E-state index contributed by atoms with van der Waals surface area (Å²) in [5.74, 6) is 2.57. The van der Waals surface area contributed by atoms with Crippen molar-refractivity contribution >= 4 is 5.71 Å². The van der Waals surface area contributed by atoms with E-state index in [4.69, 9.17) is 4.99 Å². The average molecular weight is 265 g/mol. The van der Waals surface area contributed by atoms with Crippen molar-refractivity contribution in [3.05, 3.63) is 0 Å². The molecule has 0 aromatic rings. The lowest BCUT2D eigenvalue weighted by molar-refractivity contribution is 0.166. The summed E-state index contributed by atoms with van der Waals surface area (Å²) in [6.45, 7) is 11.7. The van der Waals surface area contributed by atoms with Crippen LogP contribution < -0.4 is 0 Å². The number of nitrogens with zero attached hydrogens (tertiary/aromatic N) is 1. The molecule has 4 unspecified atom stereocenters. The molecule has 1 nitrogen and oxygen atoms in total. The fraction of sp³-hybridized carbons (Fsp3) is 0.944. The molecule has 1 saturated carbocycles. The molecule has 0 aliphatic heterocycles. The minimum atomic E-state index is 0.611. The quantitative estimate of drug-likeness (QED) is 0.510. The molecular formula is C18H35N. The summed E-state index contributed by atoms with van der Waals surface area (Å²) < 4.78 is 0. The van der Waals surface area contributed by atoms with Gasteiger partial charge in [0.1, 0.15) is 0 Å². The average Bonchev–Trinajstić information content (AvgIpc) is 2.44. The van der Waals surface area contributed by atoms with Crippen molar-refractivity contribution < 1.29 is 0 Å². The van der Waals surface area contributed by atoms with Gasteiger partial charge in [0.2, 0.25) is 0 Å². The van der Waals surface area contributed by atoms with Crippen LogP contribution in [0.4, 0.5) is 0 Å². The highest BCUT2D eigenvalue weighted by molar-refractivity contribution is 5.84. The van der Waals surface area contributed by atoms with E-state index in [0.29, 0.717) is 6.04 Å². The summed E-state index contributed by atoms with van der Waals surface area (Å²) >= 11 is 0. The van der Waals surface area contributed by atoms with E-state index in [1.807, 2.05) is 0 Å². The van der Waals surface area contributed by atoms with Gasteiger partial charge in [-0.25, -0.2) is 0 Å². The first-order valence-electron chi connectivity index (χ1n) is 8.71. The van der Waals surface area contributed by atoms with Gasteiger partial charge in [-0.2, -0.15) is 0 Å². The molecule has 112 valence electrons. The number of hydrogen-bond donors (Lipinski definition) is 0. The van der Waals surface area contributed by atoms with E-state index in [1.54, 1.807) is 0 Å². The molecule has 1 heteroatoms. The van der Waals surface area contributed by atoms with Crippen molar-refractivity contribution in [2.75, 3.05) is 0 Å². The van der Waals surface area contributed by atoms with E-state index >= 15 is 0 Å². The van der Waals surface area contributed by atoms with E-state index < -0.39 is 0 Å². The standard InChI is InChI=1S/C18H35N/c1-6-10-11-17(9-4)19-18-14(5)12-15(7-2)13-16(18)8-3/h14-16,18H,6-13H2,1-5H3. The zero-order valence-electron chi connectivity index (χ0n) is 13.9. The van der Waals surface area contributed by atoms with Crippen LogP contribution in [0.1, 0.15) is 86.0 Å². The Morgan fingerprint density at radius 2 is 1.79 bits per heavy atom. The van der Waals surface area contributed by atoms with Crippen LogP contribution in [0.25, 0.3) is 0 Å². The van der Waals surface area contributed by atoms with E-state index in [-0.39, 0.29) is 0 Å². The van der Waals surface area contributed by atoms with Crippen LogP contribution in [0.5, 0.6) is 0 Å². The third kappa shape index (κ3) is 4.93. The van der Waals surface area contributed by atoms with Crippen LogP contribution in [0.2, 0.25) is 0 Å². The fourth-order valence-electron chi connectivity index (χ4n) is 3.69. The van der Waals surface area contributed by atoms with Gasteiger partial charge in [0.05, 0.1) is 6.04 Å². The van der Waals surface area contributed by atoms with E-state index in [2.05, 4.69) is 34.6 Å². The normalized spacial score (nSPS) is 32.6. The van der Waals surface area contributed by atoms with Gasteiger partial charge < -0.3 is 0 Å². The third-order valence-electron chi connectivity index (χ3n) is 5.07. The molecule has 0 N–H and O–H groups in total. The van der Waals surface area contributed by atoms with Gasteiger partial charge in [0.15, 0.2) is 0 Å². The second-order valence-corrected chi connectivity index (χ2v) is 6.53. The van der Waals surface area contributed by atoms with E-state index in [0.717, 1.165) is 24.2 Å². The van der Waals surface area contributed by atoms with Crippen molar-refractivity contribution in [2.45, 2.75) is 92.0 Å². The Bertz CT molecular complexity index is 269. The molecule has 1 fully saturated rings. The van der Waals surface area contributed by atoms with Crippen molar-refractivity contribution in [1.29, 1.82) is 0 Å². The number of hydrogen-bond acceptors (Lipinski definition) is 1. The molecule has 0 spiro atoms. The van der Waals surface area contributed by atoms with Crippen molar-refractivity contribution in [2.24, 2.45) is 22.7 Å². The van der Waals surface area contributed by atoms with Crippen LogP contribution in [0.15, 0.2) is 4.99 Å². The maximum absolute atomic E-state index is 5.21. The van der Waals surface area contributed by atoms with Crippen molar-refractivity contribution in [1.82, 2.24) is 0 Å². The SMILES string of the molecule is CCCCC(CC)=NC1C(C)CC(CC)CC1CC. The summed E-state index contributed by atoms with van der Waals surface area (Å²) in [6.07, 6.45) is 10.4. The smallest absolute Gasteiger partial charge is 0.0552 e. The maximum atomic E-state index is 5.21. The van der Waals surface area contributed by atoms with Gasteiger partial charge in [0, 0.05) is 5.71 Å². The molecule has 1 rings (SSSR count). The summed E-state index contributed by atoms with van der Waals surface area (Å²) in [5.41, 5.74) is 1.48. The number of rotatable bonds is 7. The van der Waals surface area contributed by atoms with Crippen molar-refractivity contribution in [3.63, 3.8) is 0 Å². The highest BCUT2D eigenvalue weighted by Gasteiger charge is 2.33. The molecule has 0 aromatic heterocycles. The van der Waals surface area contributed by atoms with E-state index in [9.17, 15) is 0 Å². The molecule has 0 aromatic carbocycles. The van der Waals surface area contributed by atoms with Gasteiger partial charge >= 0.3 is 0 Å². The van der Waals surface area contributed by atoms with Gasteiger partial charge in [0.25, 0.3) is 0 Å². The Balaban J connectivity index is 2.74. The third-order valence-corrected chi connectivity index (χ3v) is 5.07. The Kier molecular flexibility index (Phi) is 7.71. The molecule has 0 amide bonds. The Morgan fingerprint density at radius 1 is 1.05 bits per heavy atom. The molecule has 0 heterocycles. The molecule has 1 aliphatic rings. The van der Waals surface area contributed by atoms with Gasteiger partial charge in [-0.15, -0.1) is 0 Å². The maximum Gasteiger partial charge on any atom is 0.0552 e. The van der Waals surface area contributed by atoms with Crippen LogP contribution in [-0.2, 0) is 0 Å². The zero-order chi connectivity index (χ0) is 14.3. The molecule has 0 radical (unpaired) electrons. The predicted octanol–water partition coefficient (Wildman–Crippen LogP) is 5.88. The largest absolute Gasteiger partial charge is 0.290 e. The van der Waals surface area contributed by atoms with Crippen LogP contribution in [0.3, 0.4) is 0 Å². The highest BCUT2D eigenvalue weighted by Crippen LogP contribution is 2.38. The first-order chi connectivity index (χ1) is 9.15. The molecular weight excluding hydrogens is 230 g/mol. The lowest BCUT2D eigenvalue weighted by Gasteiger charge is -2.38. The van der Waals surface area contributed by atoms with Gasteiger partial charge in [-0.3, -0.25) is 4.99 Å². The lowest BCUT2D eigenvalue weighted by Crippen LogP contribution is -2.35. The minimum Gasteiger partial charge on any atom is -0.290 e. The summed E-state index contributed by atoms with van der Waals surface area (Å²) in [5, 5.41) is 0. The van der Waals surface area contributed by atoms with Crippen LogP contribution >= 0.6 is 0 Å². The van der Waals surface area contributed by atoms with Crippen LogP contribution in [-0.4, -0.2) is 11.8 Å². The fourth-order valence-corrected chi connectivity index (χ4v) is 3.69. The Morgan fingerprint density at radius 3 is 2.32 bits per heavy atom. The molecule has 1 aliphatic carbocycles. The summed E-state index contributed by atoms with van der Waals surface area (Å²) in [4.78, 5) is 5.21. The first-order valence-corrected chi connectivity index (χ1v) is 8.71. The molecule has 0 bridgehead atoms. The number of aliphatic imine (C=N–C) groups is 1. The molecule has 4 atom stereocenters. The van der Waals surface area contributed by atoms with Gasteiger partial charge in [-0.1, -0.05) is 53.9 Å². The highest BCUT2D eigenvalue weighted by atomic mass is 14.8. The summed E-state index contributed by atoms with van der Waals surface area (Å²) in [7, 11) is 0. The topological polar surface area (TPSA) is 12.4 Å². The first kappa shape index (κ1) is 16.7. The van der Waals surface area contributed by atoms with Gasteiger partial charge in [-0.05, 0) is 49.9 Å². The summed E-state index contributed by atoms with van der Waals surface area (Å²) in [6, 6.07) is 0.611. The second kappa shape index (κ2) is 8.76. The van der Waals surface area contributed by atoms with E-state index in [1.165, 1.54) is 50.7 Å². The predicted molar refractivity (Wildman–Crippen MR) is 87.0 cm³/mol. The molecule has 0 saturated heterocycles. The molecule has 19 heavy (non-hydrogen) atoms. The van der Waals surface area contributed by atoms with Crippen molar-refractivity contribution in [3.8, 4) is 0 Å². The Labute approximate surface area is 121 Å². The zero-order valence-corrected chi connectivity index (χ0v) is 13.9. The minimum absolute atomic E-state index is 0.611. The second-order valence-electron chi connectivity index (χ2n) is 6.53. The Hall–Kier alpha value is -0.330. The number of unbranched alkanes of at least 4 members (excludes halogenated alkanes) is 1. The lowest BCUT2D eigenvalue weighted by atomic mass is 9.70.